The van der Waals surface area contributed by atoms with Crippen LogP contribution in [0.2, 0.25) is 0 Å². The molecule has 9 heteroatoms. The number of aryl methyl sites for hydroxylation is 3. The molecule has 1 N–H and O–H groups in total. The minimum atomic E-state index is -4.20. The molecule has 0 spiro atoms. The van der Waals surface area contributed by atoms with Gasteiger partial charge in [-0.3, -0.25) is 13.9 Å². The number of sulfonamides is 1. The number of hydrogen-bond acceptors (Lipinski definition) is 5. The van der Waals surface area contributed by atoms with Gasteiger partial charge in [-0.05, 0) is 83.9 Å². The number of anilines is 1. The lowest BCUT2D eigenvalue weighted by molar-refractivity contribution is -0.140. The van der Waals surface area contributed by atoms with E-state index in [2.05, 4.69) is 5.32 Å². The highest BCUT2D eigenvalue weighted by Crippen LogP contribution is 2.34. The molecule has 2 amide bonds. The van der Waals surface area contributed by atoms with E-state index in [0.29, 0.717) is 5.75 Å². The third kappa shape index (κ3) is 8.10. The number of carbonyl (C=O) groups excluding carboxylic acids is 2. The van der Waals surface area contributed by atoms with Crippen LogP contribution in [0, 0.1) is 20.8 Å². The van der Waals surface area contributed by atoms with Gasteiger partial charge in [0.2, 0.25) is 11.8 Å². The van der Waals surface area contributed by atoms with Gasteiger partial charge in [-0.15, -0.1) is 0 Å². The second-order valence-electron chi connectivity index (χ2n) is 11.4. The number of ether oxygens (including phenoxy) is 1. The monoisotopic (exact) mass is 579 g/mol. The molecule has 0 bridgehead atoms. The number of methoxy groups -OCH3 is 1. The number of nitrogens with one attached hydrogen (secondary N) is 1. The van der Waals surface area contributed by atoms with Crippen LogP contribution in [0.4, 0.5) is 5.69 Å². The van der Waals surface area contributed by atoms with Gasteiger partial charge in [0, 0.05) is 12.1 Å². The van der Waals surface area contributed by atoms with Gasteiger partial charge in [-0.25, -0.2) is 8.42 Å². The summed E-state index contributed by atoms with van der Waals surface area (Å²) < 4.78 is 34.8. The summed E-state index contributed by atoms with van der Waals surface area (Å²) in [5, 5.41) is 2.94. The van der Waals surface area contributed by atoms with Crippen LogP contribution in [0.15, 0.2) is 71.6 Å². The van der Waals surface area contributed by atoms with Gasteiger partial charge in [0.25, 0.3) is 10.0 Å². The molecule has 3 rings (SSSR count). The van der Waals surface area contributed by atoms with E-state index in [9.17, 15) is 18.0 Å². The summed E-state index contributed by atoms with van der Waals surface area (Å²) in [4.78, 5) is 28.9. The van der Waals surface area contributed by atoms with Gasteiger partial charge < -0.3 is 15.0 Å². The summed E-state index contributed by atoms with van der Waals surface area (Å²) in [6, 6.07) is 18.4. The van der Waals surface area contributed by atoms with E-state index in [0.717, 1.165) is 26.6 Å². The SMILES string of the molecule is COc1ccc(C)cc1N(CC(=O)N(Cc1cccc(C)c1)[C@@H](C)C(=O)NC(C)(C)C)S(=O)(=O)c1ccc(C)cc1. The smallest absolute Gasteiger partial charge is 0.264 e. The Balaban J connectivity index is 2.11. The lowest BCUT2D eigenvalue weighted by Gasteiger charge is -2.34. The number of benzene rings is 3. The summed E-state index contributed by atoms with van der Waals surface area (Å²) in [6.07, 6.45) is 0. The lowest BCUT2D eigenvalue weighted by Crippen LogP contribution is -2.54. The van der Waals surface area contributed by atoms with Crippen LogP contribution in [-0.2, 0) is 26.2 Å². The minimum absolute atomic E-state index is 0.0446. The fraction of sp³-hybridized carbons (Fsp3) is 0.375. The van der Waals surface area contributed by atoms with Crippen molar-refractivity contribution in [3.05, 3.63) is 89.0 Å². The highest BCUT2D eigenvalue weighted by molar-refractivity contribution is 7.92. The van der Waals surface area contributed by atoms with Crippen molar-refractivity contribution in [2.24, 2.45) is 0 Å². The Hall–Kier alpha value is -3.85. The molecule has 3 aromatic carbocycles. The van der Waals surface area contributed by atoms with Crippen LogP contribution in [0.5, 0.6) is 5.75 Å². The Morgan fingerprint density at radius 2 is 1.51 bits per heavy atom. The van der Waals surface area contributed by atoms with Crippen LogP contribution >= 0.6 is 0 Å². The molecule has 41 heavy (non-hydrogen) atoms. The molecule has 0 heterocycles. The molecule has 0 unspecified atom stereocenters. The molecular weight excluding hydrogens is 538 g/mol. The number of amides is 2. The van der Waals surface area contributed by atoms with E-state index < -0.39 is 34.1 Å². The van der Waals surface area contributed by atoms with E-state index in [1.807, 2.05) is 71.9 Å². The van der Waals surface area contributed by atoms with Crippen molar-refractivity contribution in [2.45, 2.75) is 71.5 Å². The molecule has 0 saturated heterocycles. The maximum Gasteiger partial charge on any atom is 0.264 e. The first-order valence-corrected chi connectivity index (χ1v) is 15.0. The molecule has 0 saturated carbocycles. The summed E-state index contributed by atoms with van der Waals surface area (Å²) in [6.45, 7) is 12.5. The van der Waals surface area contributed by atoms with Gasteiger partial charge >= 0.3 is 0 Å². The van der Waals surface area contributed by atoms with Gasteiger partial charge in [0.15, 0.2) is 0 Å². The Kier molecular flexibility index (Phi) is 9.86. The first-order chi connectivity index (χ1) is 19.1. The number of hydrogen-bond donors (Lipinski definition) is 1. The molecule has 0 fully saturated rings. The van der Waals surface area contributed by atoms with E-state index in [-0.39, 0.29) is 23.0 Å². The Bertz CT molecular complexity index is 1490. The minimum Gasteiger partial charge on any atom is -0.495 e. The molecule has 3 aromatic rings. The quantitative estimate of drug-likeness (QED) is 0.359. The van der Waals surface area contributed by atoms with Crippen molar-refractivity contribution >= 4 is 27.5 Å². The molecule has 8 nitrogen and oxygen atoms in total. The van der Waals surface area contributed by atoms with E-state index >= 15 is 0 Å². The average molecular weight is 580 g/mol. The zero-order valence-corrected chi connectivity index (χ0v) is 26.0. The maximum atomic E-state index is 14.1. The zero-order valence-electron chi connectivity index (χ0n) is 25.2. The van der Waals surface area contributed by atoms with Gasteiger partial charge in [0.05, 0.1) is 17.7 Å². The number of carbonyl (C=O) groups is 2. The fourth-order valence-corrected chi connectivity index (χ4v) is 5.83. The topological polar surface area (TPSA) is 96.0 Å². The maximum absolute atomic E-state index is 14.1. The molecule has 1 atom stereocenters. The van der Waals surface area contributed by atoms with E-state index in [1.165, 1.54) is 24.1 Å². The van der Waals surface area contributed by atoms with Crippen LogP contribution in [0.25, 0.3) is 0 Å². The lowest BCUT2D eigenvalue weighted by atomic mass is 10.1. The summed E-state index contributed by atoms with van der Waals surface area (Å²) in [5.74, 6) is -0.551. The fourth-order valence-electron chi connectivity index (χ4n) is 4.41. The second kappa shape index (κ2) is 12.8. The van der Waals surface area contributed by atoms with Crippen molar-refractivity contribution in [2.75, 3.05) is 18.0 Å². The third-order valence-electron chi connectivity index (χ3n) is 6.59. The second-order valence-corrected chi connectivity index (χ2v) is 13.3. The number of rotatable bonds is 10. The molecule has 0 radical (unpaired) electrons. The number of nitrogens with zero attached hydrogens (tertiary/aromatic N) is 2. The van der Waals surface area contributed by atoms with Gasteiger partial charge in [0.1, 0.15) is 18.3 Å². The van der Waals surface area contributed by atoms with Crippen molar-refractivity contribution in [1.82, 2.24) is 10.2 Å². The van der Waals surface area contributed by atoms with Crippen molar-refractivity contribution in [3.63, 3.8) is 0 Å². The predicted molar refractivity (Wildman–Crippen MR) is 163 cm³/mol. The van der Waals surface area contributed by atoms with Crippen LogP contribution in [-0.4, -0.2) is 50.4 Å². The van der Waals surface area contributed by atoms with Crippen molar-refractivity contribution in [3.8, 4) is 5.75 Å². The van der Waals surface area contributed by atoms with Gasteiger partial charge in [-0.2, -0.15) is 0 Å². The van der Waals surface area contributed by atoms with Crippen LogP contribution < -0.4 is 14.4 Å². The van der Waals surface area contributed by atoms with Gasteiger partial charge in [-0.1, -0.05) is 53.6 Å². The predicted octanol–water partition coefficient (Wildman–Crippen LogP) is 5.15. The first kappa shape index (κ1) is 31.7. The Labute approximate surface area is 244 Å². The molecular formula is C32H41N3O5S. The highest BCUT2D eigenvalue weighted by Gasteiger charge is 2.34. The van der Waals surface area contributed by atoms with Crippen molar-refractivity contribution < 1.29 is 22.7 Å². The molecule has 0 aromatic heterocycles. The molecule has 0 aliphatic heterocycles. The molecule has 0 aliphatic carbocycles. The largest absolute Gasteiger partial charge is 0.495 e. The third-order valence-corrected chi connectivity index (χ3v) is 8.37. The van der Waals surface area contributed by atoms with E-state index in [1.54, 1.807) is 31.2 Å². The Morgan fingerprint density at radius 3 is 2.10 bits per heavy atom. The standard InChI is InChI=1S/C32H41N3O5S/c1-22-12-15-27(16-13-22)41(38,39)35(28-19-24(3)14-17-29(28)40-8)21-30(36)34(20-26-11-9-10-23(2)18-26)25(4)31(37)33-32(5,6)7/h9-19,25H,20-21H2,1-8H3,(H,33,37)/t25-/m0/s1. The highest BCUT2D eigenvalue weighted by atomic mass is 32.2. The summed E-state index contributed by atoms with van der Waals surface area (Å²) >= 11 is 0. The zero-order chi connectivity index (χ0) is 30.5. The normalized spacial score (nSPS) is 12.4. The molecule has 0 aliphatic rings. The van der Waals surface area contributed by atoms with Crippen LogP contribution in [0.1, 0.15) is 49.9 Å². The Morgan fingerprint density at radius 1 is 0.902 bits per heavy atom. The summed E-state index contributed by atoms with van der Waals surface area (Å²) in [5.41, 5.74) is 3.27. The van der Waals surface area contributed by atoms with Crippen molar-refractivity contribution in [1.29, 1.82) is 0 Å². The van der Waals surface area contributed by atoms with Crippen LogP contribution in [0.3, 0.4) is 0 Å². The average Bonchev–Trinajstić information content (AvgIpc) is 2.89. The first-order valence-electron chi connectivity index (χ1n) is 13.5. The van der Waals surface area contributed by atoms with E-state index in [4.69, 9.17) is 4.74 Å². The summed E-state index contributed by atoms with van der Waals surface area (Å²) in [7, 11) is -2.74. The molecule has 220 valence electrons.